The monoisotopic (exact) mass is 348 g/mol. The zero-order valence-electron chi connectivity index (χ0n) is 15.4. The molecule has 0 saturated heterocycles. The number of ether oxygens (including phenoxy) is 3. The van der Waals surface area contributed by atoms with Gasteiger partial charge in [0.05, 0.1) is 21.3 Å². The molecule has 26 heavy (non-hydrogen) atoms. The number of hydrogen-bond acceptors (Lipinski definition) is 3. The molecule has 0 N–H and O–H groups in total. The maximum absolute atomic E-state index is 5.51. The summed E-state index contributed by atoms with van der Waals surface area (Å²) in [6.45, 7) is 0. The zero-order valence-corrected chi connectivity index (χ0v) is 15.4. The summed E-state index contributed by atoms with van der Waals surface area (Å²) in [6, 6.07) is 8.35. The van der Waals surface area contributed by atoms with Gasteiger partial charge in [-0.3, -0.25) is 0 Å². The van der Waals surface area contributed by atoms with E-state index < -0.39 is 0 Å². The first-order valence-electron chi connectivity index (χ1n) is 8.97. The molecule has 0 amide bonds. The molecule has 3 nitrogen and oxygen atoms in total. The van der Waals surface area contributed by atoms with Gasteiger partial charge in [0.2, 0.25) is 0 Å². The van der Waals surface area contributed by atoms with E-state index in [1.54, 1.807) is 21.3 Å². The Balaban J connectivity index is 1.77. The summed E-state index contributed by atoms with van der Waals surface area (Å²) < 4.78 is 16.3. The fourth-order valence-electron chi connectivity index (χ4n) is 4.22. The molecule has 0 heterocycles. The van der Waals surface area contributed by atoms with Crippen LogP contribution in [0.4, 0.5) is 0 Å². The lowest BCUT2D eigenvalue weighted by Crippen LogP contribution is -2.33. The molecule has 0 radical (unpaired) electrons. The van der Waals surface area contributed by atoms with E-state index in [4.69, 9.17) is 14.2 Å². The van der Waals surface area contributed by atoms with Crippen molar-refractivity contribution in [2.24, 2.45) is 23.7 Å². The lowest BCUT2D eigenvalue weighted by atomic mass is 9.63. The van der Waals surface area contributed by atoms with Crippen LogP contribution in [0.2, 0.25) is 0 Å². The molecule has 3 heteroatoms. The molecule has 0 saturated carbocycles. The van der Waals surface area contributed by atoms with Gasteiger partial charge in [-0.05, 0) is 59.4 Å². The summed E-state index contributed by atoms with van der Waals surface area (Å²) in [4.78, 5) is 0. The van der Waals surface area contributed by atoms with Crippen LogP contribution in [0.15, 0.2) is 78.3 Å². The molecule has 0 fully saturated rings. The average Bonchev–Trinajstić information content (AvgIpc) is 2.72. The van der Waals surface area contributed by atoms with Crippen molar-refractivity contribution < 1.29 is 14.2 Å². The molecule has 0 aliphatic heterocycles. The van der Waals surface area contributed by atoms with Crippen molar-refractivity contribution in [3.63, 3.8) is 0 Å². The summed E-state index contributed by atoms with van der Waals surface area (Å²) in [6.07, 6.45) is 15.6. The SMILES string of the molecule is COC1=CC2C(C=C1)C=C(c1ccc(OC)cc1)C1C=CC(OC)=CC12. The van der Waals surface area contributed by atoms with E-state index in [-0.39, 0.29) is 0 Å². The molecular formula is C23H24O3. The highest BCUT2D eigenvalue weighted by molar-refractivity contribution is 5.72. The van der Waals surface area contributed by atoms with Crippen LogP contribution in [0.25, 0.3) is 5.57 Å². The molecule has 4 unspecified atom stereocenters. The normalized spacial score (nSPS) is 29.0. The minimum atomic E-state index is 0.324. The van der Waals surface area contributed by atoms with Crippen molar-refractivity contribution in [1.82, 2.24) is 0 Å². The second-order valence-electron chi connectivity index (χ2n) is 6.87. The Bertz CT molecular complexity index is 824. The summed E-state index contributed by atoms with van der Waals surface area (Å²) in [5, 5.41) is 0. The first kappa shape index (κ1) is 16.8. The smallest absolute Gasteiger partial charge is 0.118 e. The van der Waals surface area contributed by atoms with Gasteiger partial charge in [-0.15, -0.1) is 0 Å². The van der Waals surface area contributed by atoms with Crippen LogP contribution in [0, 0.1) is 23.7 Å². The number of benzene rings is 1. The van der Waals surface area contributed by atoms with Crippen LogP contribution in [-0.4, -0.2) is 21.3 Å². The van der Waals surface area contributed by atoms with Crippen molar-refractivity contribution in [2.45, 2.75) is 0 Å². The Hall–Kier alpha value is -2.68. The molecule has 3 aliphatic carbocycles. The third kappa shape index (κ3) is 2.88. The standard InChI is InChI=1S/C23H24O3/c1-24-17-7-4-15(5-8-17)21-12-16-6-9-18(25-2)13-22(16)23-14-19(26-3)10-11-20(21)23/h4-14,16,20,22-23H,1-3H3. The van der Waals surface area contributed by atoms with Gasteiger partial charge in [0.25, 0.3) is 0 Å². The van der Waals surface area contributed by atoms with Gasteiger partial charge in [-0.25, -0.2) is 0 Å². The van der Waals surface area contributed by atoms with Gasteiger partial charge in [-0.2, -0.15) is 0 Å². The van der Waals surface area contributed by atoms with Crippen LogP contribution >= 0.6 is 0 Å². The number of fused-ring (bicyclic) bond motifs is 3. The Kier molecular flexibility index (Phi) is 4.46. The van der Waals surface area contributed by atoms with Crippen molar-refractivity contribution >= 4 is 5.57 Å². The van der Waals surface area contributed by atoms with Crippen LogP contribution in [0.5, 0.6) is 5.75 Å². The van der Waals surface area contributed by atoms with Gasteiger partial charge in [-0.1, -0.05) is 30.4 Å². The predicted molar refractivity (Wildman–Crippen MR) is 103 cm³/mol. The summed E-state index contributed by atoms with van der Waals surface area (Å²) in [5.74, 6) is 4.15. The third-order valence-corrected chi connectivity index (χ3v) is 5.59. The summed E-state index contributed by atoms with van der Waals surface area (Å²) in [7, 11) is 5.16. The van der Waals surface area contributed by atoms with Crippen LogP contribution in [0.3, 0.4) is 0 Å². The Labute approximate surface area is 155 Å². The van der Waals surface area contributed by atoms with Crippen LogP contribution in [0.1, 0.15) is 5.56 Å². The molecule has 0 spiro atoms. The first-order valence-corrected chi connectivity index (χ1v) is 8.97. The Morgan fingerprint density at radius 3 is 2.00 bits per heavy atom. The number of rotatable bonds is 4. The van der Waals surface area contributed by atoms with Crippen LogP contribution < -0.4 is 4.74 Å². The van der Waals surface area contributed by atoms with Crippen LogP contribution in [-0.2, 0) is 9.47 Å². The minimum Gasteiger partial charge on any atom is -0.497 e. The third-order valence-electron chi connectivity index (χ3n) is 5.59. The van der Waals surface area contributed by atoms with Gasteiger partial charge < -0.3 is 14.2 Å². The molecule has 134 valence electrons. The molecule has 0 bridgehead atoms. The lowest BCUT2D eigenvalue weighted by Gasteiger charge is -2.41. The number of hydrogen-bond donors (Lipinski definition) is 0. The van der Waals surface area contributed by atoms with E-state index in [1.165, 1.54) is 11.1 Å². The molecule has 1 aromatic carbocycles. The molecule has 4 rings (SSSR count). The second-order valence-corrected chi connectivity index (χ2v) is 6.87. The van der Waals surface area contributed by atoms with E-state index in [0.29, 0.717) is 23.7 Å². The van der Waals surface area contributed by atoms with Crippen molar-refractivity contribution in [3.05, 3.63) is 83.9 Å². The second kappa shape index (κ2) is 6.91. The Morgan fingerprint density at radius 2 is 1.35 bits per heavy atom. The highest BCUT2D eigenvalue weighted by atomic mass is 16.5. The average molecular weight is 348 g/mol. The topological polar surface area (TPSA) is 27.7 Å². The fraction of sp³-hybridized carbons (Fsp3) is 0.304. The highest BCUT2D eigenvalue weighted by Crippen LogP contribution is 2.48. The summed E-state index contributed by atoms with van der Waals surface area (Å²) >= 11 is 0. The molecule has 0 aromatic heterocycles. The van der Waals surface area contributed by atoms with Gasteiger partial charge >= 0.3 is 0 Å². The number of methoxy groups -OCH3 is 3. The van der Waals surface area contributed by atoms with E-state index in [1.807, 2.05) is 12.1 Å². The van der Waals surface area contributed by atoms with Gasteiger partial charge in [0.15, 0.2) is 0 Å². The first-order chi connectivity index (χ1) is 12.7. The molecule has 1 aromatic rings. The van der Waals surface area contributed by atoms with E-state index in [2.05, 4.69) is 54.7 Å². The number of allylic oxidation sites excluding steroid dienone is 8. The molecule has 4 atom stereocenters. The van der Waals surface area contributed by atoms with Gasteiger partial charge in [0.1, 0.15) is 17.3 Å². The maximum atomic E-state index is 5.51. The van der Waals surface area contributed by atoms with E-state index >= 15 is 0 Å². The largest absolute Gasteiger partial charge is 0.497 e. The quantitative estimate of drug-likeness (QED) is 0.785. The predicted octanol–water partition coefficient (Wildman–Crippen LogP) is 4.76. The van der Waals surface area contributed by atoms with E-state index in [9.17, 15) is 0 Å². The van der Waals surface area contributed by atoms with E-state index in [0.717, 1.165) is 17.3 Å². The molecular weight excluding hydrogens is 324 g/mol. The summed E-state index contributed by atoms with van der Waals surface area (Å²) in [5.41, 5.74) is 2.61. The lowest BCUT2D eigenvalue weighted by molar-refractivity contribution is 0.265. The molecule has 3 aliphatic rings. The van der Waals surface area contributed by atoms with Crippen molar-refractivity contribution in [2.75, 3.05) is 21.3 Å². The zero-order chi connectivity index (χ0) is 18.1. The van der Waals surface area contributed by atoms with Crippen molar-refractivity contribution in [3.8, 4) is 5.75 Å². The fourth-order valence-corrected chi connectivity index (χ4v) is 4.22. The Morgan fingerprint density at radius 1 is 0.692 bits per heavy atom. The van der Waals surface area contributed by atoms with Crippen molar-refractivity contribution in [1.29, 1.82) is 0 Å². The maximum Gasteiger partial charge on any atom is 0.118 e. The highest BCUT2D eigenvalue weighted by Gasteiger charge is 2.39. The minimum absolute atomic E-state index is 0.324. The van der Waals surface area contributed by atoms with Gasteiger partial charge in [0, 0.05) is 11.8 Å².